The Hall–Kier alpha value is -3.24. The van der Waals surface area contributed by atoms with Gasteiger partial charge in [-0.15, -0.1) is 0 Å². The first-order valence-corrected chi connectivity index (χ1v) is 9.95. The minimum atomic E-state index is -0.245. The summed E-state index contributed by atoms with van der Waals surface area (Å²) in [5.41, 5.74) is 10.4. The summed E-state index contributed by atoms with van der Waals surface area (Å²) in [7, 11) is 0. The van der Waals surface area contributed by atoms with Crippen LogP contribution in [0, 0.1) is 0 Å². The van der Waals surface area contributed by atoms with Crippen LogP contribution in [0.5, 0.6) is 0 Å². The first-order valence-electron chi connectivity index (χ1n) is 9.95. The van der Waals surface area contributed by atoms with Crippen LogP contribution in [-0.4, -0.2) is 29.6 Å². The molecule has 4 heteroatoms. The van der Waals surface area contributed by atoms with E-state index in [1.165, 1.54) is 5.56 Å². The molecule has 1 aliphatic rings. The monoisotopic (exact) mass is 382 g/mol. The van der Waals surface area contributed by atoms with Crippen molar-refractivity contribution in [2.24, 2.45) is 15.8 Å². The number of aliphatic imine (C=N–C) groups is 1. The van der Waals surface area contributed by atoms with Crippen molar-refractivity contribution in [1.82, 2.24) is 5.01 Å². The van der Waals surface area contributed by atoms with E-state index in [9.17, 15) is 0 Å². The van der Waals surface area contributed by atoms with Gasteiger partial charge >= 0.3 is 0 Å². The standard InChI is InChI=1S/C25H26N4/c1-25(22-15-9-4-10-16-22)19-29(28-24(25)21-13-7-3-8-14-21)23(17-26)27-18-20-11-5-2-6-12-20/h2-16H,17-19,26H2,1H3/t25-/m0/s1. The van der Waals surface area contributed by atoms with Crippen molar-refractivity contribution < 1.29 is 0 Å². The Balaban J connectivity index is 1.70. The number of benzene rings is 3. The van der Waals surface area contributed by atoms with Gasteiger partial charge in [-0.1, -0.05) is 91.0 Å². The van der Waals surface area contributed by atoms with Gasteiger partial charge in [-0.05, 0) is 23.6 Å². The van der Waals surface area contributed by atoms with E-state index in [1.807, 2.05) is 35.3 Å². The van der Waals surface area contributed by atoms with Crippen LogP contribution in [-0.2, 0) is 12.0 Å². The highest BCUT2D eigenvalue weighted by atomic mass is 15.5. The fraction of sp³-hybridized carbons (Fsp3) is 0.200. The number of amidine groups is 1. The zero-order chi connectivity index (χ0) is 20.1. The summed E-state index contributed by atoms with van der Waals surface area (Å²) in [6.07, 6.45) is 0. The summed E-state index contributed by atoms with van der Waals surface area (Å²) in [5.74, 6) is 0.807. The number of rotatable bonds is 5. The predicted octanol–water partition coefficient (Wildman–Crippen LogP) is 4.22. The minimum absolute atomic E-state index is 0.245. The van der Waals surface area contributed by atoms with Crippen molar-refractivity contribution in [2.75, 3.05) is 13.1 Å². The van der Waals surface area contributed by atoms with Crippen LogP contribution in [0.2, 0.25) is 0 Å². The normalized spacial score (nSPS) is 19.3. The van der Waals surface area contributed by atoms with E-state index >= 15 is 0 Å². The highest BCUT2D eigenvalue weighted by Crippen LogP contribution is 2.35. The maximum absolute atomic E-state index is 6.09. The van der Waals surface area contributed by atoms with Gasteiger partial charge in [0.2, 0.25) is 0 Å². The zero-order valence-corrected chi connectivity index (χ0v) is 16.7. The van der Waals surface area contributed by atoms with Crippen LogP contribution in [0.3, 0.4) is 0 Å². The van der Waals surface area contributed by atoms with E-state index in [0.29, 0.717) is 19.6 Å². The van der Waals surface area contributed by atoms with Crippen LogP contribution in [0.4, 0.5) is 0 Å². The third kappa shape index (κ3) is 3.98. The average molecular weight is 383 g/mol. The van der Waals surface area contributed by atoms with E-state index in [2.05, 4.69) is 67.6 Å². The van der Waals surface area contributed by atoms with Crippen molar-refractivity contribution in [2.45, 2.75) is 18.9 Å². The van der Waals surface area contributed by atoms with Gasteiger partial charge in [-0.2, -0.15) is 5.10 Å². The van der Waals surface area contributed by atoms with Crippen molar-refractivity contribution >= 4 is 11.5 Å². The van der Waals surface area contributed by atoms with E-state index in [4.69, 9.17) is 15.8 Å². The van der Waals surface area contributed by atoms with Crippen LogP contribution >= 0.6 is 0 Å². The van der Waals surface area contributed by atoms with Crippen molar-refractivity contribution in [1.29, 1.82) is 0 Å². The third-order valence-electron chi connectivity index (χ3n) is 5.43. The lowest BCUT2D eigenvalue weighted by Gasteiger charge is -2.27. The van der Waals surface area contributed by atoms with Crippen molar-refractivity contribution in [3.05, 3.63) is 108 Å². The Morgan fingerprint density at radius 2 is 1.52 bits per heavy atom. The molecule has 4 nitrogen and oxygen atoms in total. The van der Waals surface area contributed by atoms with Crippen LogP contribution in [0.25, 0.3) is 0 Å². The van der Waals surface area contributed by atoms with E-state index in [-0.39, 0.29) is 5.41 Å². The third-order valence-corrected chi connectivity index (χ3v) is 5.43. The van der Waals surface area contributed by atoms with Gasteiger partial charge in [0.25, 0.3) is 0 Å². The molecule has 146 valence electrons. The molecule has 0 aliphatic carbocycles. The lowest BCUT2D eigenvalue weighted by Crippen LogP contribution is -2.39. The summed E-state index contributed by atoms with van der Waals surface area (Å²) >= 11 is 0. The second-order valence-corrected chi connectivity index (χ2v) is 7.49. The molecule has 1 aliphatic heterocycles. The fourth-order valence-corrected chi connectivity index (χ4v) is 3.81. The van der Waals surface area contributed by atoms with Crippen LogP contribution in [0.15, 0.2) is 101 Å². The lowest BCUT2D eigenvalue weighted by molar-refractivity contribution is 0.421. The molecular formula is C25H26N4. The Morgan fingerprint density at radius 3 is 2.14 bits per heavy atom. The second-order valence-electron chi connectivity index (χ2n) is 7.49. The van der Waals surface area contributed by atoms with Gasteiger partial charge in [-0.3, -0.25) is 4.99 Å². The summed E-state index contributed by atoms with van der Waals surface area (Å²) in [6.45, 7) is 3.91. The summed E-state index contributed by atoms with van der Waals surface area (Å²) in [4.78, 5) is 4.79. The van der Waals surface area contributed by atoms with Crippen molar-refractivity contribution in [3.8, 4) is 0 Å². The summed E-state index contributed by atoms with van der Waals surface area (Å²) < 4.78 is 0. The molecule has 1 atom stereocenters. The number of hydrogen-bond acceptors (Lipinski definition) is 3. The van der Waals surface area contributed by atoms with Gasteiger partial charge in [0, 0.05) is 0 Å². The Morgan fingerprint density at radius 1 is 0.931 bits per heavy atom. The molecule has 0 unspecified atom stereocenters. The Kier molecular flexibility index (Phi) is 5.54. The second kappa shape index (κ2) is 8.41. The van der Waals surface area contributed by atoms with Gasteiger partial charge in [-0.25, -0.2) is 5.01 Å². The zero-order valence-electron chi connectivity index (χ0n) is 16.7. The molecule has 0 saturated carbocycles. The molecule has 0 saturated heterocycles. The number of nitrogens with two attached hydrogens (primary N) is 1. The lowest BCUT2D eigenvalue weighted by atomic mass is 9.76. The van der Waals surface area contributed by atoms with Gasteiger partial charge < -0.3 is 5.73 Å². The van der Waals surface area contributed by atoms with Crippen molar-refractivity contribution in [3.63, 3.8) is 0 Å². The highest BCUT2D eigenvalue weighted by Gasteiger charge is 2.41. The molecule has 0 amide bonds. The first kappa shape index (κ1) is 19.1. The smallest absolute Gasteiger partial charge is 0.134 e. The maximum Gasteiger partial charge on any atom is 0.134 e. The predicted molar refractivity (Wildman–Crippen MR) is 120 cm³/mol. The van der Waals surface area contributed by atoms with Crippen LogP contribution in [0.1, 0.15) is 23.6 Å². The number of hydrogen-bond donors (Lipinski definition) is 1. The van der Waals surface area contributed by atoms with Gasteiger partial charge in [0.1, 0.15) is 5.84 Å². The Labute approximate surface area is 172 Å². The average Bonchev–Trinajstić information content (AvgIpc) is 3.15. The van der Waals surface area contributed by atoms with Gasteiger partial charge in [0.05, 0.1) is 30.8 Å². The highest BCUT2D eigenvalue weighted by molar-refractivity contribution is 6.10. The molecule has 0 spiro atoms. The molecule has 0 aromatic heterocycles. The van der Waals surface area contributed by atoms with Crippen LogP contribution < -0.4 is 5.73 Å². The molecule has 29 heavy (non-hydrogen) atoms. The molecule has 2 N–H and O–H groups in total. The fourth-order valence-electron chi connectivity index (χ4n) is 3.81. The minimum Gasteiger partial charge on any atom is -0.324 e. The molecule has 4 rings (SSSR count). The molecule has 0 fully saturated rings. The summed E-state index contributed by atoms with van der Waals surface area (Å²) in [6, 6.07) is 31.2. The molecule has 0 radical (unpaired) electrons. The molecular weight excluding hydrogens is 356 g/mol. The Bertz CT molecular complexity index is 997. The quantitative estimate of drug-likeness (QED) is 0.530. The molecule has 0 bridgehead atoms. The first-order chi connectivity index (χ1) is 14.2. The molecule has 3 aromatic rings. The largest absolute Gasteiger partial charge is 0.324 e. The van der Waals surface area contributed by atoms with E-state index in [1.54, 1.807) is 0 Å². The maximum atomic E-state index is 6.09. The molecule has 1 heterocycles. The van der Waals surface area contributed by atoms with E-state index < -0.39 is 0 Å². The number of nitrogens with zero attached hydrogens (tertiary/aromatic N) is 3. The summed E-state index contributed by atoms with van der Waals surface area (Å²) in [5, 5.41) is 6.99. The SMILES string of the molecule is C[C@@]1(c2ccccc2)CN(C(CN)=NCc2ccccc2)N=C1c1ccccc1. The topological polar surface area (TPSA) is 54.0 Å². The van der Waals surface area contributed by atoms with E-state index in [0.717, 1.165) is 22.7 Å². The van der Waals surface area contributed by atoms with Gasteiger partial charge in [0.15, 0.2) is 0 Å². The molecule has 3 aromatic carbocycles. The number of hydrazone groups is 1.